The number of rotatable bonds is 10. The third-order valence-electron chi connectivity index (χ3n) is 11.4. The molecule has 6 aromatic rings. The van der Waals surface area contributed by atoms with Crippen molar-refractivity contribution >= 4 is 56.6 Å². The van der Waals surface area contributed by atoms with Crippen molar-refractivity contribution in [1.82, 2.24) is 35.1 Å². The molecule has 0 spiro atoms. The smallest absolute Gasteiger partial charge is 0.460 e. The van der Waals surface area contributed by atoms with Gasteiger partial charge in [0.1, 0.15) is 28.3 Å². The highest BCUT2D eigenvalue weighted by molar-refractivity contribution is 6.28. The van der Waals surface area contributed by atoms with Gasteiger partial charge in [-0.25, -0.2) is 14.7 Å². The van der Waals surface area contributed by atoms with E-state index in [9.17, 15) is 20.8 Å². The fourth-order valence-corrected chi connectivity index (χ4v) is 8.22. The first-order valence-electron chi connectivity index (χ1n) is 21.5. The Hall–Kier alpha value is -6.20. The SMILES string of the molecule is [O-][n+]1nc(Cl)nc2cc3c(cc21)OCC3.[O-][n+]1nc(NCCCN2CCOCC2)[n+]([O-])c2cc3c(cc21)OCC3.[O-][n+]1nc(NCCCN2CCOCC2)nc2cc3c(cc21)OCC3. The Balaban J connectivity index is 0.000000125. The lowest BCUT2D eigenvalue weighted by Crippen LogP contribution is -2.44. The predicted octanol–water partition coefficient (Wildman–Crippen LogP) is 0.755. The van der Waals surface area contributed by atoms with Crippen LogP contribution < -0.4 is 44.1 Å². The van der Waals surface area contributed by atoms with E-state index in [2.05, 4.69) is 45.7 Å². The van der Waals surface area contributed by atoms with Crippen LogP contribution in [0.25, 0.3) is 33.1 Å². The molecule has 2 saturated heterocycles. The molecular formula is C41H48ClN13O9. The second kappa shape index (κ2) is 19.7. The van der Waals surface area contributed by atoms with Gasteiger partial charge in [-0.05, 0) is 58.9 Å². The molecule has 0 amide bonds. The lowest BCUT2D eigenvalue weighted by atomic mass is 10.1. The number of hydrogen-bond donors (Lipinski definition) is 2. The van der Waals surface area contributed by atoms with Crippen molar-refractivity contribution in [2.45, 2.75) is 32.1 Å². The Labute approximate surface area is 371 Å². The first kappa shape index (κ1) is 43.1. The summed E-state index contributed by atoms with van der Waals surface area (Å²) >= 11 is 5.60. The van der Waals surface area contributed by atoms with Crippen LogP contribution in [0, 0.1) is 20.8 Å². The zero-order chi connectivity index (χ0) is 44.0. The topological polar surface area (TPSA) is 249 Å². The minimum Gasteiger partial charge on any atom is -0.739 e. The number of nitrogens with zero attached hydrogens (tertiary/aromatic N) is 11. The van der Waals surface area contributed by atoms with Gasteiger partial charge in [0.15, 0.2) is 5.52 Å². The second-order valence-electron chi connectivity index (χ2n) is 15.7. The summed E-state index contributed by atoms with van der Waals surface area (Å²) in [6, 6.07) is 10.4. The van der Waals surface area contributed by atoms with Gasteiger partial charge in [-0.1, -0.05) is 0 Å². The van der Waals surface area contributed by atoms with E-state index in [4.69, 9.17) is 35.3 Å². The summed E-state index contributed by atoms with van der Waals surface area (Å²) in [5.74, 6) is 2.56. The number of nitrogens with one attached hydrogen (secondary N) is 2. The summed E-state index contributed by atoms with van der Waals surface area (Å²) in [6.07, 6.45) is 4.27. The van der Waals surface area contributed by atoms with Crippen LogP contribution in [0.4, 0.5) is 11.9 Å². The maximum atomic E-state index is 12.5. The molecule has 0 aliphatic carbocycles. The molecule has 64 heavy (non-hydrogen) atoms. The van der Waals surface area contributed by atoms with Crippen molar-refractivity contribution in [3.05, 3.63) is 79.2 Å². The van der Waals surface area contributed by atoms with Crippen molar-refractivity contribution in [2.75, 3.05) is 109 Å². The van der Waals surface area contributed by atoms with E-state index in [1.54, 1.807) is 24.3 Å². The highest BCUT2D eigenvalue weighted by Gasteiger charge is 2.25. The fourth-order valence-electron chi connectivity index (χ4n) is 8.07. The van der Waals surface area contributed by atoms with Gasteiger partial charge >= 0.3 is 11.5 Å². The Kier molecular flexibility index (Phi) is 13.2. The third-order valence-corrected chi connectivity index (χ3v) is 11.6. The number of morpholine rings is 2. The number of anilines is 2. The van der Waals surface area contributed by atoms with E-state index < -0.39 is 0 Å². The molecule has 2 N–H and O–H groups in total. The molecule has 0 radical (unpaired) electrons. The number of fused-ring (bicyclic) bond motifs is 6. The minimum atomic E-state index is -0.0450. The molecule has 0 saturated carbocycles. The van der Waals surface area contributed by atoms with Crippen molar-refractivity contribution in [3.8, 4) is 17.2 Å². The quantitative estimate of drug-likeness (QED) is 0.109. The van der Waals surface area contributed by atoms with Crippen molar-refractivity contribution < 1.29 is 43.0 Å². The second-order valence-corrected chi connectivity index (χ2v) is 16.0. The highest BCUT2D eigenvalue weighted by Crippen LogP contribution is 2.30. The molecule has 22 nitrogen and oxygen atoms in total. The number of benzene rings is 3. The number of halogens is 1. The van der Waals surface area contributed by atoms with Crippen LogP contribution in [0.3, 0.4) is 0 Å². The van der Waals surface area contributed by atoms with Crippen molar-refractivity contribution in [1.29, 1.82) is 0 Å². The average molecular weight is 902 g/mol. The summed E-state index contributed by atoms with van der Waals surface area (Å²) in [6.45, 7) is 12.1. The van der Waals surface area contributed by atoms with Crippen LogP contribution >= 0.6 is 11.6 Å². The van der Waals surface area contributed by atoms with E-state index >= 15 is 0 Å². The van der Waals surface area contributed by atoms with Crippen LogP contribution in [-0.4, -0.2) is 134 Å². The van der Waals surface area contributed by atoms with Gasteiger partial charge in [0, 0.05) is 85.2 Å². The molecule has 23 heteroatoms. The zero-order valence-corrected chi connectivity index (χ0v) is 35.8. The van der Waals surface area contributed by atoms with Crippen molar-refractivity contribution in [2.24, 2.45) is 0 Å². The summed E-state index contributed by atoms with van der Waals surface area (Å²) in [5.41, 5.74) is 5.64. The molecular weight excluding hydrogens is 854 g/mol. The van der Waals surface area contributed by atoms with Crippen molar-refractivity contribution in [3.63, 3.8) is 0 Å². The van der Waals surface area contributed by atoms with Crippen LogP contribution in [0.15, 0.2) is 36.4 Å². The predicted molar refractivity (Wildman–Crippen MR) is 230 cm³/mol. The monoisotopic (exact) mass is 901 g/mol. The molecule has 5 aliphatic heterocycles. The Morgan fingerprint density at radius 3 is 1.61 bits per heavy atom. The Morgan fingerprint density at radius 1 is 0.547 bits per heavy atom. The normalized spacial score (nSPS) is 16.7. The standard InChI is InChI=1S/C16H21N5O4.C16H21N5O3.C9H6ClN3O2/c22-20-13-10-12-2-7-25-15(12)11-14(13)21(23)18-16(20)17-3-1-4-19-5-8-24-9-6-19;22-21-14-11-15-12(2-7-24-15)10-13(14)18-16(19-21)17-3-1-4-20-5-8-23-9-6-20;10-9-11-6-3-5-1-2-15-8(5)4-7(6)13(14)12-9/h10-11H,1-9H2,(H,17,18);10-11H,1-9H2,(H,17,18,19);3-4H,1-2H2. The van der Waals surface area contributed by atoms with Gasteiger partial charge in [-0.2, -0.15) is 0 Å². The number of aromatic nitrogens is 9. The summed E-state index contributed by atoms with van der Waals surface area (Å²) in [5, 5.41) is 65.6. The fraction of sp³-hybridized carbons (Fsp3) is 0.488. The minimum absolute atomic E-state index is 0.0309. The maximum absolute atomic E-state index is 12.5. The van der Waals surface area contributed by atoms with Gasteiger partial charge in [0.2, 0.25) is 5.10 Å². The van der Waals surface area contributed by atoms with Crippen LogP contribution in [-0.2, 0) is 28.7 Å². The summed E-state index contributed by atoms with van der Waals surface area (Å²) < 4.78 is 27.6. The number of hydrogen-bond acceptors (Lipinski definition) is 18. The summed E-state index contributed by atoms with van der Waals surface area (Å²) in [7, 11) is 0. The first-order valence-corrected chi connectivity index (χ1v) is 21.8. The average Bonchev–Trinajstić information content (AvgIpc) is 4.09. The Bertz CT molecular complexity index is 2640. The first-order chi connectivity index (χ1) is 31.3. The van der Waals surface area contributed by atoms with Crippen LogP contribution in [0.5, 0.6) is 17.2 Å². The molecule has 3 aromatic carbocycles. The molecule has 0 unspecified atom stereocenters. The van der Waals surface area contributed by atoms with E-state index in [-0.39, 0.29) is 16.7 Å². The van der Waals surface area contributed by atoms with E-state index in [1.807, 2.05) is 12.1 Å². The van der Waals surface area contributed by atoms with E-state index in [1.165, 1.54) is 0 Å². The largest absolute Gasteiger partial charge is 0.739 e. The van der Waals surface area contributed by atoms with Crippen LogP contribution in [0.2, 0.25) is 5.28 Å². The van der Waals surface area contributed by atoms with Gasteiger partial charge < -0.3 is 49.8 Å². The molecule has 338 valence electrons. The molecule has 8 heterocycles. The van der Waals surface area contributed by atoms with Gasteiger partial charge in [0.05, 0.1) is 76.1 Å². The van der Waals surface area contributed by atoms with Gasteiger partial charge in [0.25, 0.3) is 22.3 Å². The molecule has 5 aliphatic rings. The lowest BCUT2D eigenvalue weighted by Gasteiger charge is -2.26. The van der Waals surface area contributed by atoms with E-state index in [0.29, 0.717) is 84.9 Å². The van der Waals surface area contributed by atoms with E-state index in [0.717, 1.165) is 133 Å². The Morgan fingerprint density at radius 2 is 1.03 bits per heavy atom. The lowest BCUT2D eigenvalue weighted by molar-refractivity contribution is -0.672. The molecule has 0 bridgehead atoms. The highest BCUT2D eigenvalue weighted by atomic mass is 35.5. The van der Waals surface area contributed by atoms with Crippen LogP contribution in [0.1, 0.15) is 29.5 Å². The number of ether oxygens (including phenoxy) is 5. The molecule has 3 aromatic heterocycles. The van der Waals surface area contributed by atoms with Gasteiger partial charge in [-0.15, -0.1) is 0 Å². The molecule has 0 atom stereocenters. The zero-order valence-electron chi connectivity index (χ0n) is 35.1. The maximum Gasteiger partial charge on any atom is 0.460 e. The molecule has 2 fully saturated rings. The summed E-state index contributed by atoms with van der Waals surface area (Å²) in [4.78, 5) is 14.7. The third kappa shape index (κ3) is 9.95. The van der Waals surface area contributed by atoms with Gasteiger partial charge in [-0.3, -0.25) is 15.1 Å². The molecule has 11 rings (SSSR count).